The maximum absolute atomic E-state index is 9.11. The number of rotatable bonds is 8. The van der Waals surface area contributed by atoms with Gasteiger partial charge in [-0.1, -0.05) is 0 Å². The molecule has 0 aliphatic heterocycles. The zero-order valence-electron chi connectivity index (χ0n) is 28.8. The number of halogens is 2. The maximum atomic E-state index is 9.11. The van der Waals surface area contributed by atoms with Gasteiger partial charge in [-0.05, 0) is 0 Å². The van der Waals surface area contributed by atoms with Gasteiger partial charge in [-0.3, -0.25) is 0 Å². The zero-order chi connectivity index (χ0) is 33.0. The van der Waals surface area contributed by atoms with E-state index in [-0.39, 0.29) is 7.25 Å². The average Bonchev–Trinajstić information content (AvgIpc) is 3.58. The Bertz CT molecular complexity index is 1830. The van der Waals surface area contributed by atoms with Crippen molar-refractivity contribution in [1.29, 1.82) is 0 Å². The number of hydrogen-bond donors (Lipinski definition) is 0. The van der Waals surface area contributed by atoms with E-state index in [2.05, 4.69) is 140 Å². The van der Waals surface area contributed by atoms with Gasteiger partial charge in [-0.15, -0.1) is 0 Å². The fraction of sp³-hybridized carbons (Fsp3) is 0.333. The van der Waals surface area contributed by atoms with Crippen LogP contribution in [-0.4, -0.2) is 5.43 Å². The third kappa shape index (κ3) is 5.44. The van der Waals surface area contributed by atoms with E-state index >= 15 is 0 Å². The van der Waals surface area contributed by atoms with Crippen LogP contribution in [-0.2, 0) is 27.9 Å². The third-order valence-corrected chi connectivity index (χ3v) is 48.9. The van der Waals surface area contributed by atoms with Crippen molar-refractivity contribution in [3.63, 3.8) is 0 Å². The molecule has 0 bridgehead atoms. The van der Waals surface area contributed by atoms with Crippen molar-refractivity contribution in [2.24, 2.45) is 0 Å². The predicted molar refractivity (Wildman–Crippen MR) is 202 cm³/mol. The molecule has 0 radical (unpaired) electrons. The van der Waals surface area contributed by atoms with Crippen LogP contribution >= 0.6 is 17.0 Å². The summed E-state index contributed by atoms with van der Waals surface area (Å²) >= 11 is -5.32. The van der Waals surface area contributed by atoms with Crippen LogP contribution in [0, 0.1) is 27.7 Å². The zero-order valence-corrected chi connectivity index (χ0v) is 33.8. The minimum atomic E-state index is -5.32. The van der Waals surface area contributed by atoms with Crippen molar-refractivity contribution < 1.29 is 15.0 Å². The molecule has 0 saturated carbocycles. The van der Waals surface area contributed by atoms with Gasteiger partial charge in [0.2, 0.25) is 0 Å². The van der Waals surface area contributed by atoms with E-state index in [9.17, 15) is 0 Å². The quantitative estimate of drug-likeness (QED) is 0.158. The molecule has 46 heavy (non-hydrogen) atoms. The standard InChI is InChI=1S/C14H14Si.2C14H17.2ClH.Zr/c1-11-3-7-13(8-4-11)15-14-9-5-12(2)6-10-14;2*1-4-5-12-7-6-11(3)13-8-10(2)9-14(12)13;;;/h3-10H,1-2H3;2*6-9H,4-5H2,1-3H3;2*1H;/q;;;;;+2/p-2. The van der Waals surface area contributed by atoms with Crippen LogP contribution < -0.4 is 10.4 Å². The molecule has 0 nitrogen and oxygen atoms in total. The van der Waals surface area contributed by atoms with Gasteiger partial charge < -0.3 is 0 Å². The van der Waals surface area contributed by atoms with Crippen molar-refractivity contribution >= 4 is 45.0 Å². The summed E-state index contributed by atoms with van der Waals surface area (Å²) in [5.41, 5.74) is 14.6. The summed E-state index contributed by atoms with van der Waals surface area (Å²) in [6, 6.07) is 27.9. The average molecular weight is 743 g/mol. The number of fused-ring (bicyclic) bond motifs is 2. The van der Waals surface area contributed by atoms with Crippen LogP contribution in [0.5, 0.6) is 0 Å². The van der Waals surface area contributed by atoms with Crippen LogP contribution in [0.3, 0.4) is 0 Å². The van der Waals surface area contributed by atoms with Crippen LogP contribution in [0.15, 0.2) is 83.9 Å². The molecule has 2 aliphatic rings. The van der Waals surface area contributed by atoms with E-state index in [1.54, 1.807) is 0 Å². The molecule has 0 aromatic heterocycles. The fourth-order valence-electron chi connectivity index (χ4n) is 8.72. The second-order valence-corrected chi connectivity index (χ2v) is 49.1. The first-order chi connectivity index (χ1) is 21.9. The van der Waals surface area contributed by atoms with Gasteiger partial charge in [0, 0.05) is 0 Å². The second-order valence-electron chi connectivity index (χ2n) is 14.1. The Hall–Kier alpha value is -1.96. The van der Waals surface area contributed by atoms with E-state index in [1.165, 1.54) is 77.2 Å². The second kappa shape index (κ2) is 12.8. The molecule has 4 heteroatoms. The van der Waals surface area contributed by atoms with Gasteiger partial charge in [-0.25, -0.2) is 0 Å². The molecule has 0 N–H and O–H groups in total. The summed E-state index contributed by atoms with van der Waals surface area (Å²) in [7, 11) is 18.2. The van der Waals surface area contributed by atoms with Crippen molar-refractivity contribution in [3.8, 4) is 0 Å². The van der Waals surface area contributed by atoms with Gasteiger partial charge in [-0.2, -0.15) is 0 Å². The van der Waals surface area contributed by atoms with Crippen LogP contribution in [0.2, 0.25) is 0 Å². The summed E-state index contributed by atoms with van der Waals surface area (Å²) in [5.74, 6) is 0. The molecule has 0 saturated heterocycles. The molecule has 2 unspecified atom stereocenters. The molecule has 0 heterocycles. The van der Waals surface area contributed by atoms with Gasteiger partial charge >= 0.3 is 288 Å². The molecular weight excluding hydrogens is 695 g/mol. The summed E-state index contributed by atoms with van der Waals surface area (Å²) in [6.07, 6.45) is 9.29. The molecule has 238 valence electrons. The fourth-order valence-corrected chi connectivity index (χ4v) is 55.2. The van der Waals surface area contributed by atoms with Gasteiger partial charge in [0.1, 0.15) is 0 Å². The topological polar surface area (TPSA) is 0 Å². The predicted octanol–water partition coefficient (Wildman–Crippen LogP) is 11.2. The van der Waals surface area contributed by atoms with Gasteiger partial charge in [0.05, 0.1) is 0 Å². The summed E-state index contributed by atoms with van der Waals surface area (Å²) in [5, 5.41) is 2.67. The summed E-state index contributed by atoms with van der Waals surface area (Å²) in [6.45, 7) is 18.1. The van der Waals surface area contributed by atoms with E-state index in [0.29, 0.717) is 0 Å². The van der Waals surface area contributed by atoms with E-state index in [0.717, 1.165) is 25.7 Å². The minimum absolute atomic E-state index is 0.0154. The number of hydrogen-bond acceptors (Lipinski definition) is 0. The Morgan fingerprint density at radius 2 is 0.913 bits per heavy atom. The SMILES string of the molecule is CCCc1ccc(C)c2c1C=C(C)[CH]2[Zr]([Cl])([Cl])([CH]1C(C)=Cc2c(CCC)ccc(C)c21)=[Si](c1ccc(C)cc1)c1ccc(C)cc1. The van der Waals surface area contributed by atoms with Crippen LogP contribution in [0.1, 0.15) is 103 Å². The molecule has 6 rings (SSSR count). The van der Waals surface area contributed by atoms with E-state index in [1.807, 2.05) is 0 Å². The first kappa shape index (κ1) is 33.9. The molecular formula is C42H48Cl2SiZr. The normalized spacial score (nSPS) is 17.5. The molecule has 0 fully saturated rings. The van der Waals surface area contributed by atoms with Crippen molar-refractivity contribution in [1.82, 2.24) is 0 Å². The first-order valence-corrected chi connectivity index (χ1v) is 31.5. The summed E-state index contributed by atoms with van der Waals surface area (Å²) < 4.78 is 0.0308. The Kier molecular flexibility index (Phi) is 9.45. The monoisotopic (exact) mass is 740 g/mol. The first-order valence-electron chi connectivity index (χ1n) is 17.1. The number of benzene rings is 4. The Balaban J connectivity index is 1.85. The molecule has 4 aromatic carbocycles. The molecule has 2 aliphatic carbocycles. The third-order valence-electron chi connectivity index (χ3n) is 10.7. The van der Waals surface area contributed by atoms with Crippen molar-refractivity contribution in [2.45, 2.75) is 88.3 Å². The molecule has 0 spiro atoms. The number of aryl methyl sites for hydroxylation is 6. The van der Waals surface area contributed by atoms with Crippen LogP contribution in [0.25, 0.3) is 12.2 Å². The molecule has 0 amide bonds. The van der Waals surface area contributed by atoms with Crippen molar-refractivity contribution in [3.05, 3.63) is 140 Å². The molecule has 4 aromatic rings. The van der Waals surface area contributed by atoms with E-state index < -0.39 is 20.4 Å². The summed E-state index contributed by atoms with van der Waals surface area (Å²) in [4.78, 5) is 0. The van der Waals surface area contributed by atoms with Gasteiger partial charge in [0.15, 0.2) is 0 Å². The molecule has 2 atom stereocenters. The Morgan fingerprint density at radius 1 is 0.543 bits per heavy atom. The number of allylic oxidation sites excluding steroid dienone is 2. The van der Waals surface area contributed by atoms with Gasteiger partial charge in [0.25, 0.3) is 0 Å². The Morgan fingerprint density at radius 3 is 1.26 bits per heavy atom. The van der Waals surface area contributed by atoms with Crippen LogP contribution in [0.4, 0.5) is 0 Å². The van der Waals surface area contributed by atoms with E-state index in [4.69, 9.17) is 17.0 Å². The Labute approximate surface area is 285 Å². The van der Waals surface area contributed by atoms with Crippen molar-refractivity contribution in [2.75, 3.05) is 0 Å².